The molecule has 0 fully saturated rings. The van der Waals surface area contributed by atoms with Crippen LogP contribution < -0.4 is 5.73 Å². The molecule has 1 aromatic rings. The summed E-state index contributed by atoms with van der Waals surface area (Å²) in [5, 5.41) is 0. The van der Waals surface area contributed by atoms with Crippen LogP contribution in [0.2, 0.25) is 0 Å². The second-order valence-corrected chi connectivity index (χ2v) is 6.28. The summed E-state index contributed by atoms with van der Waals surface area (Å²) in [6.07, 6.45) is 7.81. The largest absolute Gasteiger partial charge is 0.398 e. The Labute approximate surface area is 125 Å². The van der Waals surface area contributed by atoms with Gasteiger partial charge < -0.3 is 5.73 Å². The summed E-state index contributed by atoms with van der Waals surface area (Å²) in [5.41, 5.74) is 11.6. The van der Waals surface area contributed by atoms with Gasteiger partial charge in [0.25, 0.3) is 0 Å². The lowest BCUT2D eigenvalue weighted by atomic mass is 9.76. The molecule has 0 heterocycles. The van der Waals surface area contributed by atoms with Crippen molar-refractivity contribution in [2.75, 3.05) is 0 Å². The van der Waals surface area contributed by atoms with Crippen LogP contribution in [0.1, 0.15) is 77.0 Å². The van der Waals surface area contributed by atoms with Gasteiger partial charge in [-0.15, -0.1) is 0 Å². The fraction of sp³-hybridized carbons (Fsp3) is 0.579. The van der Waals surface area contributed by atoms with Crippen LogP contribution in [0.15, 0.2) is 24.3 Å². The van der Waals surface area contributed by atoms with Crippen molar-refractivity contribution in [2.24, 2.45) is 5.73 Å². The van der Waals surface area contributed by atoms with Crippen molar-refractivity contribution < 1.29 is 0 Å². The lowest BCUT2D eigenvalue weighted by Gasteiger charge is -2.29. The number of nitrogens with two attached hydrogens (primary N) is 1. The van der Waals surface area contributed by atoms with Crippen molar-refractivity contribution in [3.63, 3.8) is 0 Å². The van der Waals surface area contributed by atoms with Gasteiger partial charge in [-0.2, -0.15) is 0 Å². The number of allylic oxidation sites excluding steroid dienone is 1. The second kappa shape index (κ2) is 7.52. The van der Waals surface area contributed by atoms with E-state index in [4.69, 9.17) is 5.73 Å². The molecule has 20 heavy (non-hydrogen) atoms. The lowest BCUT2D eigenvalue weighted by Crippen LogP contribution is -2.20. The second-order valence-electron chi connectivity index (χ2n) is 6.28. The Bertz CT molecular complexity index is 455. The molecule has 1 heteroatoms. The zero-order valence-electron chi connectivity index (χ0n) is 13.9. The number of hydrogen-bond donors (Lipinski definition) is 1. The van der Waals surface area contributed by atoms with Crippen molar-refractivity contribution in [3.05, 3.63) is 41.0 Å². The third kappa shape index (κ3) is 3.88. The average Bonchev–Trinajstić information content (AvgIpc) is 2.39. The highest BCUT2D eigenvalue weighted by Gasteiger charge is 2.24. The number of rotatable bonds is 7. The van der Waals surface area contributed by atoms with E-state index in [-0.39, 0.29) is 5.41 Å². The van der Waals surface area contributed by atoms with E-state index in [2.05, 4.69) is 58.9 Å². The lowest BCUT2D eigenvalue weighted by molar-refractivity contribution is 0.468. The third-order valence-electron chi connectivity index (χ3n) is 4.02. The molecule has 0 saturated carbocycles. The molecule has 0 atom stereocenters. The molecule has 0 aromatic heterocycles. The fourth-order valence-electron chi connectivity index (χ4n) is 3.10. The van der Waals surface area contributed by atoms with E-state index in [0.29, 0.717) is 0 Å². The van der Waals surface area contributed by atoms with Crippen LogP contribution >= 0.6 is 0 Å². The van der Waals surface area contributed by atoms with Gasteiger partial charge in [-0.05, 0) is 35.8 Å². The zero-order chi connectivity index (χ0) is 15.2. The number of hydrogen-bond acceptors (Lipinski definition) is 1. The van der Waals surface area contributed by atoms with Gasteiger partial charge in [0.15, 0.2) is 0 Å². The molecule has 0 unspecified atom stereocenters. The van der Waals surface area contributed by atoms with Crippen molar-refractivity contribution in [1.82, 2.24) is 0 Å². The average molecular weight is 273 g/mol. The smallest absolute Gasteiger partial charge is 0.0349 e. The van der Waals surface area contributed by atoms with Gasteiger partial charge in [-0.25, -0.2) is 0 Å². The standard InChI is InChI=1S/C19H31N/c1-6-10-15-16(18(20)11-7-2)12-9-13-17(15)19(4,5)14-8-3/h9,11-13H,6-8,10,14,20H2,1-5H3/b18-11+. The third-order valence-corrected chi connectivity index (χ3v) is 4.02. The summed E-state index contributed by atoms with van der Waals surface area (Å²) in [7, 11) is 0. The van der Waals surface area contributed by atoms with Gasteiger partial charge in [-0.3, -0.25) is 0 Å². The first-order chi connectivity index (χ1) is 9.47. The predicted octanol–water partition coefficient (Wildman–Crippen LogP) is 5.43. The number of benzene rings is 1. The van der Waals surface area contributed by atoms with Crippen LogP contribution in [0.4, 0.5) is 0 Å². The maximum absolute atomic E-state index is 6.28. The Morgan fingerprint density at radius 1 is 1.15 bits per heavy atom. The molecule has 0 aliphatic carbocycles. The molecule has 112 valence electrons. The first-order valence-corrected chi connectivity index (χ1v) is 8.06. The molecule has 0 saturated heterocycles. The van der Waals surface area contributed by atoms with Crippen LogP contribution in [-0.4, -0.2) is 0 Å². The summed E-state index contributed by atoms with van der Waals surface area (Å²) >= 11 is 0. The van der Waals surface area contributed by atoms with E-state index in [9.17, 15) is 0 Å². The van der Waals surface area contributed by atoms with Crippen molar-refractivity contribution in [2.45, 2.75) is 72.1 Å². The first kappa shape index (κ1) is 16.8. The monoisotopic (exact) mass is 273 g/mol. The molecule has 0 radical (unpaired) electrons. The van der Waals surface area contributed by atoms with Gasteiger partial charge in [0.05, 0.1) is 0 Å². The summed E-state index contributed by atoms with van der Waals surface area (Å²) < 4.78 is 0. The highest BCUT2D eigenvalue weighted by molar-refractivity contribution is 5.67. The molecular weight excluding hydrogens is 242 g/mol. The van der Waals surface area contributed by atoms with Crippen LogP contribution in [0, 0.1) is 0 Å². The van der Waals surface area contributed by atoms with E-state index >= 15 is 0 Å². The SMILES string of the molecule is CC/C=C(/N)c1cccc(C(C)(C)CCC)c1CCC. The Morgan fingerprint density at radius 3 is 2.40 bits per heavy atom. The van der Waals surface area contributed by atoms with Gasteiger partial charge in [0, 0.05) is 11.3 Å². The summed E-state index contributed by atoms with van der Waals surface area (Å²) in [6, 6.07) is 6.64. The summed E-state index contributed by atoms with van der Waals surface area (Å²) in [4.78, 5) is 0. The molecule has 0 aliphatic rings. The van der Waals surface area contributed by atoms with Crippen LogP contribution in [0.25, 0.3) is 5.70 Å². The quantitative estimate of drug-likeness (QED) is 0.704. The van der Waals surface area contributed by atoms with E-state index in [0.717, 1.165) is 25.0 Å². The molecule has 0 aliphatic heterocycles. The minimum Gasteiger partial charge on any atom is -0.398 e. The van der Waals surface area contributed by atoms with E-state index < -0.39 is 0 Å². The Morgan fingerprint density at radius 2 is 1.85 bits per heavy atom. The normalized spacial score (nSPS) is 12.8. The van der Waals surface area contributed by atoms with Crippen LogP contribution in [0.5, 0.6) is 0 Å². The van der Waals surface area contributed by atoms with Gasteiger partial charge in [0.2, 0.25) is 0 Å². The fourth-order valence-corrected chi connectivity index (χ4v) is 3.10. The maximum atomic E-state index is 6.28. The maximum Gasteiger partial charge on any atom is 0.0349 e. The molecule has 1 aromatic carbocycles. The Hall–Kier alpha value is -1.24. The topological polar surface area (TPSA) is 26.0 Å². The molecule has 1 rings (SSSR count). The summed E-state index contributed by atoms with van der Waals surface area (Å²) in [6.45, 7) is 11.4. The zero-order valence-corrected chi connectivity index (χ0v) is 13.9. The highest BCUT2D eigenvalue weighted by Crippen LogP contribution is 2.34. The Kier molecular flexibility index (Phi) is 6.32. The predicted molar refractivity (Wildman–Crippen MR) is 90.8 cm³/mol. The van der Waals surface area contributed by atoms with Crippen LogP contribution in [-0.2, 0) is 11.8 Å². The minimum absolute atomic E-state index is 0.224. The molecule has 0 amide bonds. The van der Waals surface area contributed by atoms with E-state index in [1.54, 1.807) is 0 Å². The van der Waals surface area contributed by atoms with Gasteiger partial charge in [-0.1, -0.05) is 71.7 Å². The van der Waals surface area contributed by atoms with E-state index in [1.807, 2.05) is 0 Å². The first-order valence-electron chi connectivity index (χ1n) is 8.06. The van der Waals surface area contributed by atoms with Gasteiger partial charge in [0.1, 0.15) is 0 Å². The molecule has 2 N–H and O–H groups in total. The molecule has 0 spiro atoms. The van der Waals surface area contributed by atoms with E-state index in [1.165, 1.54) is 29.5 Å². The summed E-state index contributed by atoms with van der Waals surface area (Å²) in [5.74, 6) is 0. The van der Waals surface area contributed by atoms with Crippen molar-refractivity contribution in [3.8, 4) is 0 Å². The molecule has 1 nitrogen and oxygen atoms in total. The van der Waals surface area contributed by atoms with Crippen molar-refractivity contribution in [1.29, 1.82) is 0 Å². The van der Waals surface area contributed by atoms with Crippen LogP contribution in [0.3, 0.4) is 0 Å². The van der Waals surface area contributed by atoms with Crippen molar-refractivity contribution >= 4 is 5.70 Å². The highest BCUT2D eigenvalue weighted by atomic mass is 14.6. The molecule has 0 bridgehead atoms. The molecular formula is C19H31N. The minimum atomic E-state index is 0.224. The van der Waals surface area contributed by atoms with Gasteiger partial charge >= 0.3 is 0 Å². The Balaban J connectivity index is 3.38.